The van der Waals surface area contributed by atoms with Gasteiger partial charge in [-0.25, -0.2) is 4.39 Å². The van der Waals surface area contributed by atoms with Crippen molar-refractivity contribution in [1.29, 1.82) is 0 Å². The van der Waals surface area contributed by atoms with E-state index in [4.69, 9.17) is 4.42 Å². The molecule has 1 amide bonds. The fourth-order valence-electron chi connectivity index (χ4n) is 2.26. The van der Waals surface area contributed by atoms with Gasteiger partial charge in [0, 0.05) is 10.9 Å². The Bertz CT molecular complexity index is 804. The van der Waals surface area contributed by atoms with Crippen molar-refractivity contribution >= 4 is 16.8 Å². The highest BCUT2D eigenvalue weighted by atomic mass is 19.1. The number of aryl methyl sites for hydroxylation is 1. The molecular formula is C16H15FN2O2. The summed E-state index contributed by atoms with van der Waals surface area (Å²) < 4.78 is 18.6. The van der Waals surface area contributed by atoms with Crippen LogP contribution in [0, 0.1) is 12.7 Å². The van der Waals surface area contributed by atoms with Crippen LogP contribution in [0.3, 0.4) is 0 Å². The molecule has 0 aliphatic carbocycles. The van der Waals surface area contributed by atoms with Crippen molar-refractivity contribution in [3.8, 4) is 0 Å². The fraction of sp³-hybridized carbons (Fsp3) is 0.188. The smallest absolute Gasteiger partial charge is 0.268 e. The lowest BCUT2D eigenvalue weighted by Gasteiger charge is -2.10. The number of benzene rings is 1. The van der Waals surface area contributed by atoms with Crippen LogP contribution < -0.4 is 5.32 Å². The Morgan fingerprint density at radius 2 is 2.10 bits per heavy atom. The fourth-order valence-corrected chi connectivity index (χ4v) is 2.26. The van der Waals surface area contributed by atoms with Crippen LogP contribution in [0.4, 0.5) is 4.39 Å². The lowest BCUT2D eigenvalue weighted by molar-refractivity contribution is 0.0931. The SMILES string of the molecule is Cc1ccc([C@@H](C)NC(=O)c2cc3cc(F)ccc3[nH]2)o1. The average Bonchev–Trinajstić information content (AvgIpc) is 3.04. The zero-order chi connectivity index (χ0) is 15.0. The molecule has 2 aromatic heterocycles. The molecule has 3 rings (SSSR count). The lowest BCUT2D eigenvalue weighted by atomic mass is 10.2. The highest BCUT2D eigenvalue weighted by Gasteiger charge is 2.15. The molecule has 0 saturated heterocycles. The molecule has 5 heteroatoms. The van der Waals surface area contributed by atoms with Crippen molar-refractivity contribution in [1.82, 2.24) is 10.3 Å². The van der Waals surface area contributed by atoms with Crippen molar-refractivity contribution in [2.75, 3.05) is 0 Å². The number of fused-ring (bicyclic) bond motifs is 1. The molecule has 21 heavy (non-hydrogen) atoms. The largest absolute Gasteiger partial charge is 0.464 e. The van der Waals surface area contributed by atoms with E-state index in [1.54, 1.807) is 12.1 Å². The number of H-pyrrole nitrogens is 1. The minimum Gasteiger partial charge on any atom is -0.464 e. The van der Waals surface area contributed by atoms with Crippen molar-refractivity contribution in [3.05, 3.63) is 59.4 Å². The maximum absolute atomic E-state index is 13.2. The molecule has 1 aromatic carbocycles. The predicted octanol–water partition coefficient (Wildman–Crippen LogP) is 3.70. The Hall–Kier alpha value is -2.56. The Labute approximate surface area is 121 Å². The summed E-state index contributed by atoms with van der Waals surface area (Å²) in [5.41, 5.74) is 1.12. The van der Waals surface area contributed by atoms with E-state index in [2.05, 4.69) is 10.3 Å². The summed E-state index contributed by atoms with van der Waals surface area (Å²) in [4.78, 5) is 15.2. The third-order valence-electron chi connectivity index (χ3n) is 3.36. The Morgan fingerprint density at radius 1 is 1.29 bits per heavy atom. The molecule has 0 fully saturated rings. The normalized spacial score (nSPS) is 12.5. The minimum absolute atomic E-state index is 0.241. The van der Waals surface area contributed by atoms with Gasteiger partial charge in [0.15, 0.2) is 0 Å². The van der Waals surface area contributed by atoms with E-state index in [0.29, 0.717) is 16.8 Å². The van der Waals surface area contributed by atoms with Crippen LogP contribution in [-0.2, 0) is 0 Å². The van der Waals surface area contributed by atoms with Crippen LogP contribution >= 0.6 is 0 Å². The molecular weight excluding hydrogens is 271 g/mol. The van der Waals surface area contributed by atoms with Crippen LogP contribution in [0.5, 0.6) is 0 Å². The summed E-state index contributed by atoms with van der Waals surface area (Å²) in [5.74, 6) is 0.913. The molecule has 3 aromatic rings. The summed E-state index contributed by atoms with van der Waals surface area (Å²) in [6.45, 7) is 3.70. The molecule has 0 radical (unpaired) electrons. The Morgan fingerprint density at radius 3 is 2.81 bits per heavy atom. The van der Waals surface area contributed by atoms with Crippen LogP contribution in [0.15, 0.2) is 40.8 Å². The van der Waals surface area contributed by atoms with Crippen molar-refractivity contribution in [3.63, 3.8) is 0 Å². The average molecular weight is 286 g/mol. The second-order valence-electron chi connectivity index (χ2n) is 5.06. The topological polar surface area (TPSA) is 58.0 Å². The van der Waals surface area contributed by atoms with Crippen LogP contribution in [-0.4, -0.2) is 10.9 Å². The zero-order valence-electron chi connectivity index (χ0n) is 11.7. The van der Waals surface area contributed by atoms with E-state index in [-0.39, 0.29) is 17.8 Å². The van der Waals surface area contributed by atoms with Crippen LogP contribution in [0.25, 0.3) is 10.9 Å². The maximum atomic E-state index is 13.2. The van der Waals surface area contributed by atoms with Gasteiger partial charge in [0.1, 0.15) is 23.0 Å². The first-order valence-electron chi connectivity index (χ1n) is 6.68. The van der Waals surface area contributed by atoms with E-state index in [0.717, 1.165) is 11.3 Å². The summed E-state index contributed by atoms with van der Waals surface area (Å²) in [5, 5.41) is 3.51. The van der Waals surface area contributed by atoms with E-state index >= 15 is 0 Å². The van der Waals surface area contributed by atoms with Crippen LogP contribution in [0.1, 0.15) is 35.0 Å². The second-order valence-corrected chi connectivity index (χ2v) is 5.06. The number of rotatable bonds is 3. The third kappa shape index (κ3) is 2.67. The molecule has 0 saturated carbocycles. The third-order valence-corrected chi connectivity index (χ3v) is 3.36. The van der Waals surface area contributed by atoms with Gasteiger partial charge < -0.3 is 14.7 Å². The standard InChI is InChI=1S/C16H15FN2O2/c1-9-3-6-15(21-9)10(2)18-16(20)14-8-11-7-12(17)4-5-13(11)19-14/h3-8,10,19H,1-2H3,(H,18,20)/t10-/m1/s1. The highest BCUT2D eigenvalue weighted by molar-refractivity contribution is 5.98. The summed E-state index contributed by atoms with van der Waals surface area (Å²) in [6, 6.07) is 9.44. The minimum atomic E-state index is -0.326. The van der Waals surface area contributed by atoms with E-state index in [1.165, 1.54) is 12.1 Å². The number of furan rings is 1. The molecule has 2 heterocycles. The highest BCUT2D eigenvalue weighted by Crippen LogP contribution is 2.19. The van der Waals surface area contributed by atoms with Gasteiger partial charge in [-0.15, -0.1) is 0 Å². The van der Waals surface area contributed by atoms with E-state index in [9.17, 15) is 9.18 Å². The van der Waals surface area contributed by atoms with Gasteiger partial charge in [0.25, 0.3) is 5.91 Å². The van der Waals surface area contributed by atoms with Gasteiger partial charge in [0.05, 0.1) is 6.04 Å². The molecule has 0 bridgehead atoms. The molecule has 0 aliphatic rings. The number of aromatic nitrogens is 1. The quantitative estimate of drug-likeness (QED) is 0.771. The van der Waals surface area contributed by atoms with E-state index < -0.39 is 0 Å². The van der Waals surface area contributed by atoms with Crippen molar-refractivity contribution in [2.45, 2.75) is 19.9 Å². The number of hydrogen-bond donors (Lipinski definition) is 2. The first kappa shape index (κ1) is 13.4. The molecule has 108 valence electrons. The number of nitrogens with one attached hydrogen (secondary N) is 2. The summed E-state index contributed by atoms with van der Waals surface area (Å²) >= 11 is 0. The second kappa shape index (κ2) is 5.09. The number of amides is 1. The molecule has 0 unspecified atom stereocenters. The number of carbonyl (C=O) groups excluding carboxylic acids is 1. The predicted molar refractivity (Wildman–Crippen MR) is 77.6 cm³/mol. The number of aromatic amines is 1. The van der Waals surface area contributed by atoms with Gasteiger partial charge >= 0.3 is 0 Å². The van der Waals surface area contributed by atoms with Gasteiger partial charge in [-0.2, -0.15) is 0 Å². The first-order valence-corrected chi connectivity index (χ1v) is 6.68. The van der Waals surface area contributed by atoms with Crippen molar-refractivity contribution in [2.24, 2.45) is 0 Å². The summed E-state index contributed by atoms with van der Waals surface area (Å²) in [7, 11) is 0. The molecule has 1 atom stereocenters. The Kier molecular flexibility index (Phi) is 3.25. The maximum Gasteiger partial charge on any atom is 0.268 e. The molecule has 0 aliphatic heterocycles. The number of hydrogen-bond acceptors (Lipinski definition) is 2. The molecule has 4 nitrogen and oxygen atoms in total. The van der Waals surface area contributed by atoms with Crippen LogP contribution in [0.2, 0.25) is 0 Å². The summed E-state index contributed by atoms with van der Waals surface area (Å²) in [6.07, 6.45) is 0. The zero-order valence-corrected chi connectivity index (χ0v) is 11.7. The van der Waals surface area contributed by atoms with Gasteiger partial charge in [-0.3, -0.25) is 4.79 Å². The van der Waals surface area contributed by atoms with Gasteiger partial charge in [-0.05, 0) is 50.2 Å². The molecule has 2 N–H and O–H groups in total. The lowest BCUT2D eigenvalue weighted by Crippen LogP contribution is -2.26. The number of halogens is 1. The van der Waals surface area contributed by atoms with Crippen molar-refractivity contribution < 1.29 is 13.6 Å². The van der Waals surface area contributed by atoms with E-state index in [1.807, 2.05) is 26.0 Å². The monoisotopic (exact) mass is 286 g/mol. The van der Waals surface area contributed by atoms with Gasteiger partial charge in [-0.1, -0.05) is 0 Å². The number of carbonyl (C=O) groups is 1. The molecule has 0 spiro atoms. The Balaban J connectivity index is 1.80. The van der Waals surface area contributed by atoms with Gasteiger partial charge in [0.2, 0.25) is 0 Å². The first-order chi connectivity index (χ1) is 10.0.